The molecule has 6 heteroatoms. The van der Waals surface area contributed by atoms with Crippen LogP contribution in [-0.4, -0.2) is 38.8 Å². The highest BCUT2D eigenvalue weighted by atomic mass is 35.5. The summed E-state index contributed by atoms with van der Waals surface area (Å²) in [6.45, 7) is 2.67. The first kappa shape index (κ1) is 20.2. The van der Waals surface area contributed by atoms with Crippen molar-refractivity contribution in [3.05, 3.63) is 54.1 Å². The van der Waals surface area contributed by atoms with Crippen molar-refractivity contribution in [3.8, 4) is 16.9 Å². The van der Waals surface area contributed by atoms with Gasteiger partial charge in [-0.1, -0.05) is 36.4 Å². The van der Waals surface area contributed by atoms with E-state index in [1.165, 1.54) is 0 Å². The van der Waals surface area contributed by atoms with Gasteiger partial charge in [0, 0.05) is 25.6 Å². The zero-order valence-corrected chi connectivity index (χ0v) is 15.7. The Labute approximate surface area is 160 Å². The van der Waals surface area contributed by atoms with Crippen LogP contribution in [0.3, 0.4) is 0 Å². The monoisotopic (exact) mass is 376 g/mol. The SMILES string of the molecule is COc1ccc(-c2ccc(CNC(=O)CC3COCCN3)cc2)cc1.Cl. The number of morpholine rings is 1. The standard InChI is InChI=1S/C20H24N2O3.ClH/c1-24-19-8-6-17(7-9-19)16-4-2-15(3-5-16)13-22-20(23)12-18-14-25-11-10-21-18;/h2-9,18,21H,10-14H2,1H3,(H,22,23);1H. The number of methoxy groups -OCH3 is 1. The molecule has 5 nitrogen and oxygen atoms in total. The molecular formula is C20H25ClN2O3. The smallest absolute Gasteiger partial charge is 0.221 e. The lowest BCUT2D eigenvalue weighted by Gasteiger charge is -2.23. The summed E-state index contributed by atoms with van der Waals surface area (Å²) >= 11 is 0. The van der Waals surface area contributed by atoms with Crippen LogP contribution < -0.4 is 15.4 Å². The molecule has 3 rings (SSSR count). The maximum Gasteiger partial charge on any atom is 0.221 e. The zero-order chi connectivity index (χ0) is 17.5. The van der Waals surface area contributed by atoms with E-state index in [0.29, 0.717) is 19.6 Å². The third-order valence-corrected chi connectivity index (χ3v) is 4.30. The Hall–Kier alpha value is -2.08. The second kappa shape index (κ2) is 10.2. The highest BCUT2D eigenvalue weighted by Gasteiger charge is 2.16. The Morgan fingerprint density at radius 2 is 1.81 bits per heavy atom. The summed E-state index contributed by atoms with van der Waals surface area (Å²) in [6.07, 6.45) is 0.448. The maximum atomic E-state index is 12.0. The summed E-state index contributed by atoms with van der Waals surface area (Å²) < 4.78 is 10.5. The summed E-state index contributed by atoms with van der Waals surface area (Å²) in [6, 6.07) is 16.3. The molecule has 0 radical (unpaired) electrons. The topological polar surface area (TPSA) is 59.6 Å². The molecular weight excluding hydrogens is 352 g/mol. The van der Waals surface area contributed by atoms with E-state index in [1.807, 2.05) is 36.4 Å². The average molecular weight is 377 g/mol. The van der Waals surface area contributed by atoms with Crippen LogP contribution in [-0.2, 0) is 16.1 Å². The normalized spacial score (nSPS) is 16.4. The summed E-state index contributed by atoms with van der Waals surface area (Å²) in [5.41, 5.74) is 3.36. The Kier molecular flexibility index (Phi) is 7.91. The largest absolute Gasteiger partial charge is 0.497 e. The third-order valence-electron chi connectivity index (χ3n) is 4.30. The summed E-state index contributed by atoms with van der Waals surface area (Å²) in [4.78, 5) is 12.0. The number of benzene rings is 2. The van der Waals surface area contributed by atoms with Crippen molar-refractivity contribution < 1.29 is 14.3 Å². The molecule has 1 saturated heterocycles. The van der Waals surface area contributed by atoms with E-state index in [1.54, 1.807) is 7.11 Å². The van der Waals surface area contributed by atoms with Crippen molar-refractivity contribution in [2.24, 2.45) is 0 Å². The molecule has 1 aliphatic heterocycles. The van der Waals surface area contributed by atoms with Gasteiger partial charge in [0.25, 0.3) is 0 Å². The Bertz CT molecular complexity index is 683. The molecule has 1 unspecified atom stereocenters. The molecule has 2 aromatic carbocycles. The molecule has 0 spiro atoms. The fourth-order valence-corrected chi connectivity index (χ4v) is 2.85. The molecule has 0 saturated carbocycles. The zero-order valence-electron chi connectivity index (χ0n) is 14.9. The number of nitrogens with one attached hydrogen (secondary N) is 2. The number of carbonyl (C=O) groups is 1. The van der Waals surface area contributed by atoms with Crippen molar-refractivity contribution in [1.82, 2.24) is 10.6 Å². The molecule has 2 aromatic rings. The number of hydrogen-bond acceptors (Lipinski definition) is 4. The molecule has 0 aliphatic carbocycles. The molecule has 140 valence electrons. The highest BCUT2D eigenvalue weighted by molar-refractivity contribution is 5.85. The molecule has 0 bridgehead atoms. The number of halogens is 1. The van der Waals surface area contributed by atoms with E-state index < -0.39 is 0 Å². The number of rotatable bonds is 6. The maximum absolute atomic E-state index is 12.0. The van der Waals surface area contributed by atoms with Crippen molar-refractivity contribution >= 4 is 18.3 Å². The lowest BCUT2D eigenvalue weighted by atomic mass is 10.0. The number of carbonyl (C=O) groups excluding carboxylic acids is 1. The fourth-order valence-electron chi connectivity index (χ4n) is 2.85. The minimum Gasteiger partial charge on any atom is -0.497 e. The second-order valence-corrected chi connectivity index (χ2v) is 6.13. The van der Waals surface area contributed by atoms with Gasteiger partial charge < -0.3 is 20.1 Å². The highest BCUT2D eigenvalue weighted by Crippen LogP contribution is 2.22. The van der Waals surface area contributed by atoms with Gasteiger partial charge in [-0.2, -0.15) is 0 Å². The molecule has 2 N–H and O–H groups in total. The molecule has 1 heterocycles. The van der Waals surface area contributed by atoms with Crippen molar-refractivity contribution in [3.63, 3.8) is 0 Å². The first-order valence-electron chi connectivity index (χ1n) is 8.56. The van der Waals surface area contributed by atoms with Crippen LogP contribution in [0.5, 0.6) is 5.75 Å². The number of amides is 1. The molecule has 26 heavy (non-hydrogen) atoms. The molecule has 1 fully saturated rings. The van der Waals surface area contributed by atoms with Crippen LogP contribution >= 0.6 is 12.4 Å². The van der Waals surface area contributed by atoms with Crippen molar-refractivity contribution in [2.45, 2.75) is 19.0 Å². The Morgan fingerprint density at radius 1 is 1.15 bits per heavy atom. The van der Waals surface area contributed by atoms with Crippen LogP contribution in [0.25, 0.3) is 11.1 Å². The van der Waals surface area contributed by atoms with Crippen LogP contribution in [0.2, 0.25) is 0 Å². The van der Waals surface area contributed by atoms with Gasteiger partial charge in [0.1, 0.15) is 5.75 Å². The van der Waals surface area contributed by atoms with E-state index in [-0.39, 0.29) is 24.4 Å². The lowest BCUT2D eigenvalue weighted by Crippen LogP contribution is -2.44. The predicted molar refractivity (Wildman–Crippen MR) is 105 cm³/mol. The first-order chi connectivity index (χ1) is 12.2. The Balaban J connectivity index is 0.00000243. The number of hydrogen-bond donors (Lipinski definition) is 2. The minimum atomic E-state index is 0. The second-order valence-electron chi connectivity index (χ2n) is 6.13. The molecule has 0 aromatic heterocycles. The van der Waals surface area contributed by atoms with Crippen LogP contribution in [0.15, 0.2) is 48.5 Å². The van der Waals surface area contributed by atoms with Gasteiger partial charge in [-0.15, -0.1) is 12.4 Å². The van der Waals surface area contributed by atoms with E-state index in [4.69, 9.17) is 9.47 Å². The van der Waals surface area contributed by atoms with Gasteiger partial charge in [0.2, 0.25) is 5.91 Å². The van der Waals surface area contributed by atoms with Gasteiger partial charge in [0.15, 0.2) is 0 Å². The first-order valence-corrected chi connectivity index (χ1v) is 8.56. The van der Waals surface area contributed by atoms with Crippen LogP contribution in [0.1, 0.15) is 12.0 Å². The predicted octanol–water partition coefficient (Wildman–Crippen LogP) is 2.78. The quantitative estimate of drug-likeness (QED) is 0.813. The van der Waals surface area contributed by atoms with Crippen LogP contribution in [0.4, 0.5) is 0 Å². The van der Waals surface area contributed by atoms with E-state index in [0.717, 1.165) is 35.6 Å². The Morgan fingerprint density at radius 3 is 2.38 bits per heavy atom. The van der Waals surface area contributed by atoms with E-state index in [2.05, 4.69) is 22.8 Å². The summed E-state index contributed by atoms with van der Waals surface area (Å²) in [5, 5.41) is 6.26. The summed E-state index contributed by atoms with van der Waals surface area (Å²) in [7, 11) is 1.66. The van der Waals surface area contributed by atoms with Gasteiger partial charge in [-0.05, 0) is 28.8 Å². The van der Waals surface area contributed by atoms with E-state index >= 15 is 0 Å². The van der Waals surface area contributed by atoms with Gasteiger partial charge in [-0.25, -0.2) is 0 Å². The van der Waals surface area contributed by atoms with Gasteiger partial charge >= 0.3 is 0 Å². The number of ether oxygens (including phenoxy) is 2. The van der Waals surface area contributed by atoms with Crippen LogP contribution in [0, 0.1) is 0 Å². The molecule has 1 amide bonds. The van der Waals surface area contributed by atoms with Crippen molar-refractivity contribution in [1.29, 1.82) is 0 Å². The third kappa shape index (κ3) is 5.73. The van der Waals surface area contributed by atoms with Gasteiger partial charge in [-0.3, -0.25) is 4.79 Å². The molecule has 1 aliphatic rings. The van der Waals surface area contributed by atoms with E-state index in [9.17, 15) is 4.79 Å². The summed E-state index contributed by atoms with van der Waals surface area (Å²) in [5.74, 6) is 0.892. The minimum absolute atomic E-state index is 0. The fraction of sp³-hybridized carbons (Fsp3) is 0.350. The lowest BCUT2D eigenvalue weighted by molar-refractivity contribution is -0.122. The molecule has 1 atom stereocenters. The van der Waals surface area contributed by atoms with Gasteiger partial charge in [0.05, 0.1) is 20.3 Å². The average Bonchev–Trinajstić information content (AvgIpc) is 2.68. The van der Waals surface area contributed by atoms with Crippen molar-refractivity contribution in [2.75, 3.05) is 26.9 Å².